The van der Waals surface area contributed by atoms with Gasteiger partial charge in [0.1, 0.15) is 28.1 Å². The second-order valence-corrected chi connectivity index (χ2v) is 8.13. The maximum absolute atomic E-state index is 14.4. The van der Waals surface area contributed by atoms with Crippen LogP contribution >= 0.6 is 11.6 Å². The van der Waals surface area contributed by atoms with E-state index < -0.39 is 51.9 Å². The highest BCUT2D eigenvalue weighted by Crippen LogP contribution is 2.37. The van der Waals surface area contributed by atoms with E-state index in [-0.39, 0.29) is 33.3 Å². The molecule has 0 bridgehead atoms. The van der Waals surface area contributed by atoms with Crippen molar-refractivity contribution < 1.29 is 36.3 Å². The molecule has 12 heteroatoms. The Morgan fingerprint density at radius 2 is 1.83 bits per heavy atom. The van der Waals surface area contributed by atoms with Gasteiger partial charge < -0.3 is 14.8 Å². The fraction of sp³-hybridized carbons (Fsp3) is 0.125. The Kier molecular flexibility index (Phi) is 6.44. The molecule has 0 amide bonds. The Balaban J connectivity index is 1.94. The first-order valence-corrected chi connectivity index (χ1v) is 10.5. The minimum Gasteiger partial charge on any atom is -0.476 e. The number of hydrogen-bond acceptors (Lipinski definition) is 5. The fourth-order valence-corrected chi connectivity index (χ4v) is 3.77. The number of rotatable bonds is 5. The molecule has 1 unspecified atom stereocenters. The number of halogens is 6. The molecule has 2 heterocycles. The topological polar surface area (TPSA) is 92.4 Å². The number of carbonyl (C=O) groups is 1. The Bertz CT molecular complexity index is 1570. The third-order valence-corrected chi connectivity index (χ3v) is 5.49. The van der Waals surface area contributed by atoms with Crippen molar-refractivity contribution in [3.05, 3.63) is 92.4 Å². The molecule has 0 fully saturated rings. The minimum atomic E-state index is -4.83. The van der Waals surface area contributed by atoms with Gasteiger partial charge in [0.25, 0.3) is 0 Å². The molecule has 0 spiro atoms. The normalized spacial score (nSPS) is 12.5. The van der Waals surface area contributed by atoms with E-state index in [2.05, 4.69) is 10.3 Å². The molecular formula is C24H14ClF5N2O4. The summed E-state index contributed by atoms with van der Waals surface area (Å²) in [6, 6.07) is 6.17. The lowest BCUT2D eigenvalue weighted by Gasteiger charge is -2.20. The summed E-state index contributed by atoms with van der Waals surface area (Å²) in [7, 11) is 0. The molecule has 2 N–H and O–H groups in total. The fourth-order valence-electron chi connectivity index (χ4n) is 3.62. The number of pyridine rings is 1. The highest BCUT2D eigenvalue weighted by Gasteiger charge is 2.33. The van der Waals surface area contributed by atoms with E-state index in [1.54, 1.807) is 0 Å². The molecule has 186 valence electrons. The largest absolute Gasteiger partial charge is 0.476 e. The lowest BCUT2D eigenvalue weighted by Crippen LogP contribution is -2.15. The van der Waals surface area contributed by atoms with Crippen LogP contribution in [-0.2, 0) is 6.18 Å². The second kappa shape index (κ2) is 9.23. The first kappa shape index (κ1) is 25.1. The highest BCUT2D eigenvalue weighted by molar-refractivity contribution is 6.29. The number of aromatic nitrogens is 1. The number of hydrogen-bond donors (Lipinski definition) is 2. The van der Waals surface area contributed by atoms with E-state index in [4.69, 9.17) is 16.0 Å². The van der Waals surface area contributed by atoms with Crippen molar-refractivity contribution in [2.24, 2.45) is 0 Å². The minimum absolute atomic E-state index is 0.0620. The van der Waals surface area contributed by atoms with Gasteiger partial charge in [0.15, 0.2) is 11.1 Å². The first-order valence-electron chi connectivity index (χ1n) is 10.2. The summed E-state index contributed by atoms with van der Waals surface area (Å²) < 4.78 is 74.3. The third-order valence-electron chi connectivity index (χ3n) is 5.28. The second-order valence-electron chi connectivity index (χ2n) is 7.74. The molecule has 0 aliphatic carbocycles. The van der Waals surface area contributed by atoms with Crippen LogP contribution in [0.5, 0.6) is 0 Å². The molecule has 0 radical (unpaired) electrons. The summed E-state index contributed by atoms with van der Waals surface area (Å²) in [4.78, 5) is 28.1. The van der Waals surface area contributed by atoms with Gasteiger partial charge in [-0.05, 0) is 43.3 Å². The molecule has 0 aliphatic rings. The number of benzene rings is 2. The molecule has 0 aliphatic heterocycles. The molecule has 36 heavy (non-hydrogen) atoms. The number of anilines is 1. The zero-order chi connectivity index (χ0) is 26.4. The van der Waals surface area contributed by atoms with Crippen LogP contribution in [0.4, 0.5) is 27.6 Å². The van der Waals surface area contributed by atoms with Gasteiger partial charge in [0.05, 0.1) is 28.2 Å². The molecule has 2 aromatic heterocycles. The van der Waals surface area contributed by atoms with Crippen LogP contribution in [-0.4, -0.2) is 16.1 Å². The van der Waals surface area contributed by atoms with Crippen LogP contribution < -0.4 is 10.7 Å². The van der Waals surface area contributed by atoms with Crippen molar-refractivity contribution in [3.63, 3.8) is 0 Å². The van der Waals surface area contributed by atoms with E-state index in [1.807, 2.05) is 0 Å². The lowest BCUT2D eigenvalue weighted by molar-refractivity contribution is -0.137. The van der Waals surface area contributed by atoms with Crippen LogP contribution in [0.3, 0.4) is 0 Å². The van der Waals surface area contributed by atoms with E-state index >= 15 is 0 Å². The maximum atomic E-state index is 14.4. The Labute approximate surface area is 204 Å². The standard InChI is InChI=1S/C24H14ClF5N2O4/c1-10(31-17-4-5-20(25)32-21(17)23(34)35)14-6-11(24(28,29)30)7-15-18(33)9-19(36-22(14)15)13-3-2-12(26)8-16(13)27/h2-10,31H,1H3,(H,34,35). The maximum Gasteiger partial charge on any atom is 0.416 e. The molecule has 6 nitrogen and oxygen atoms in total. The lowest BCUT2D eigenvalue weighted by atomic mass is 9.99. The van der Waals surface area contributed by atoms with Crippen LogP contribution in [0, 0.1) is 11.6 Å². The van der Waals surface area contributed by atoms with Gasteiger partial charge in [-0.1, -0.05) is 11.6 Å². The molecule has 4 aromatic rings. The Hall–Kier alpha value is -3.99. The van der Waals surface area contributed by atoms with Crippen LogP contribution in [0.25, 0.3) is 22.3 Å². The quantitative estimate of drug-likeness (QED) is 0.223. The number of aromatic carboxylic acids is 1. The average Bonchev–Trinajstić information content (AvgIpc) is 2.78. The van der Waals surface area contributed by atoms with Gasteiger partial charge in [0, 0.05) is 17.7 Å². The number of carboxylic acids is 1. The summed E-state index contributed by atoms with van der Waals surface area (Å²) in [6.45, 7) is 1.40. The monoisotopic (exact) mass is 524 g/mol. The zero-order valence-corrected chi connectivity index (χ0v) is 18.8. The molecule has 4 rings (SSSR count). The smallest absolute Gasteiger partial charge is 0.416 e. The number of alkyl halides is 3. The molecule has 0 saturated carbocycles. The molecule has 0 saturated heterocycles. The van der Waals surface area contributed by atoms with Crippen molar-refractivity contribution in [2.75, 3.05) is 5.32 Å². The van der Waals surface area contributed by atoms with Gasteiger partial charge in [-0.3, -0.25) is 4.79 Å². The van der Waals surface area contributed by atoms with Gasteiger partial charge in [-0.25, -0.2) is 18.6 Å². The van der Waals surface area contributed by atoms with Crippen LogP contribution in [0.15, 0.2) is 57.7 Å². The SMILES string of the molecule is CC(Nc1ccc(Cl)nc1C(=O)O)c1cc(C(F)(F)F)cc2c(=O)cc(-c3ccc(F)cc3F)oc12. The van der Waals surface area contributed by atoms with E-state index in [9.17, 15) is 36.6 Å². The third kappa shape index (κ3) is 4.87. The summed E-state index contributed by atoms with van der Waals surface area (Å²) >= 11 is 5.75. The number of fused-ring (bicyclic) bond motifs is 1. The van der Waals surface area contributed by atoms with Crippen molar-refractivity contribution in [3.8, 4) is 11.3 Å². The van der Waals surface area contributed by atoms with E-state index in [0.717, 1.165) is 24.3 Å². The predicted molar refractivity (Wildman–Crippen MR) is 121 cm³/mol. The van der Waals surface area contributed by atoms with Gasteiger partial charge in [0.2, 0.25) is 0 Å². The predicted octanol–water partition coefficient (Wildman–Crippen LogP) is 6.68. The average molecular weight is 525 g/mol. The van der Waals surface area contributed by atoms with Crippen LogP contribution in [0.1, 0.15) is 34.6 Å². The van der Waals surface area contributed by atoms with Gasteiger partial charge >= 0.3 is 12.1 Å². The Morgan fingerprint density at radius 1 is 1.11 bits per heavy atom. The van der Waals surface area contributed by atoms with Crippen LogP contribution in [0.2, 0.25) is 5.15 Å². The first-order chi connectivity index (χ1) is 16.8. The summed E-state index contributed by atoms with van der Waals surface area (Å²) in [5, 5.41) is 11.6. The van der Waals surface area contributed by atoms with Gasteiger partial charge in [-0.15, -0.1) is 0 Å². The number of nitrogens with zero attached hydrogens (tertiary/aromatic N) is 1. The summed E-state index contributed by atoms with van der Waals surface area (Å²) in [6.07, 6.45) is -4.83. The van der Waals surface area contributed by atoms with Gasteiger partial charge in [-0.2, -0.15) is 13.2 Å². The van der Waals surface area contributed by atoms with Crippen molar-refractivity contribution in [2.45, 2.75) is 19.1 Å². The summed E-state index contributed by atoms with van der Waals surface area (Å²) in [5.74, 6) is -3.70. The molecular weight excluding hydrogens is 511 g/mol. The van der Waals surface area contributed by atoms with E-state index in [0.29, 0.717) is 12.1 Å². The van der Waals surface area contributed by atoms with Crippen molar-refractivity contribution in [1.82, 2.24) is 4.98 Å². The summed E-state index contributed by atoms with van der Waals surface area (Å²) in [5.41, 5.74) is -3.35. The van der Waals surface area contributed by atoms with Crippen molar-refractivity contribution >= 4 is 34.2 Å². The Morgan fingerprint density at radius 3 is 2.47 bits per heavy atom. The van der Waals surface area contributed by atoms with Crippen molar-refractivity contribution in [1.29, 1.82) is 0 Å². The molecule has 2 aromatic carbocycles. The number of carboxylic acid groups (broad SMARTS) is 1. The zero-order valence-electron chi connectivity index (χ0n) is 18.1. The highest BCUT2D eigenvalue weighted by atomic mass is 35.5. The van der Waals surface area contributed by atoms with E-state index in [1.165, 1.54) is 19.1 Å². The molecule has 1 atom stereocenters. The number of nitrogens with one attached hydrogen (secondary N) is 1.